The van der Waals surface area contributed by atoms with Gasteiger partial charge in [-0.1, -0.05) is 60.1 Å². The van der Waals surface area contributed by atoms with Gasteiger partial charge in [0.2, 0.25) is 0 Å². The zero-order valence-corrected chi connectivity index (χ0v) is 26.1. The van der Waals surface area contributed by atoms with Gasteiger partial charge in [0.25, 0.3) is 5.95 Å². The van der Waals surface area contributed by atoms with Gasteiger partial charge in [0, 0.05) is 24.0 Å². The molecule has 6 heteroatoms. The Balaban J connectivity index is 1.32. The molecule has 1 unspecified atom stereocenters. The molecule has 1 N–H and O–H groups in total. The second-order valence-electron chi connectivity index (χ2n) is 16.0. The van der Waals surface area contributed by atoms with Crippen LogP contribution in [0.25, 0.3) is 5.95 Å². The van der Waals surface area contributed by atoms with Gasteiger partial charge in [-0.05, 0) is 109 Å². The van der Waals surface area contributed by atoms with Crippen LogP contribution in [0.5, 0.6) is 0 Å². The molecule has 0 aromatic carbocycles. The fourth-order valence-corrected chi connectivity index (χ4v) is 11.8. The fraction of sp³-hybridized carbons (Fsp3) is 0.714. The van der Waals surface area contributed by atoms with Crippen molar-refractivity contribution in [3.63, 3.8) is 0 Å². The van der Waals surface area contributed by atoms with Crippen LogP contribution in [0.2, 0.25) is 0 Å². The van der Waals surface area contributed by atoms with E-state index < -0.39 is 11.4 Å². The minimum absolute atomic E-state index is 0.0315. The van der Waals surface area contributed by atoms with Crippen molar-refractivity contribution >= 4 is 5.97 Å². The maximum Gasteiger partial charge on any atom is 0.310 e. The Morgan fingerprint density at radius 3 is 2.51 bits per heavy atom. The maximum atomic E-state index is 13.0. The van der Waals surface area contributed by atoms with E-state index in [0.29, 0.717) is 29.6 Å². The lowest BCUT2D eigenvalue weighted by atomic mass is 9.33. The van der Waals surface area contributed by atoms with E-state index in [-0.39, 0.29) is 27.6 Å². The molecule has 2 heterocycles. The second-order valence-corrected chi connectivity index (χ2v) is 16.0. The average Bonchev–Trinajstić information content (AvgIpc) is 3.46. The Labute approximate surface area is 245 Å². The molecular weight excluding hydrogens is 508 g/mol. The predicted octanol–water partition coefficient (Wildman–Crippen LogP) is 7.42. The fourth-order valence-electron chi connectivity index (χ4n) is 11.8. The van der Waals surface area contributed by atoms with E-state index in [2.05, 4.69) is 65.8 Å². The van der Waals surface area contributed by atoms with Gasteiger partial charge in [-0.2, -0.15) is 5.10 Å². The van der Waals surface area contributed by atoms with Crippen LogP contribution in [0.4, 0.5) is 0 Å². The van der Waals surface area contributed by atoms with Crippen LogP contribution in [-0.2, 0) is 16.6 Å². The van der Waals surface area contributed by atoms with Crippen LogP contribution in [0, 0.1) is 51.2 Å². The first-order valence-electron chi connectivity index (χ1n) is 16.1. The van der Waals surface area contributed by atoms with Crippen molar-refractivity contribution < 1.29 is 9.90 Å². The monoisotopic (exact) mass is 556 g/mol. The molecule has 2 aromatic rings. The van der Waals surface area contributed by atoms with E-state index in [1.165, 1.54) is 29.7 Å². The highest BCUT2D eigenvalue weighted by Gasteiger charge is 2.69. The molecule has 0 saturated heterocycles. The molecule has 9 atom stereocenters. The van der Waals surface area contributed by atoms with Gasteiger partial charge in [0.15, 0.2) is 0 Å². The van der Waals surface area contributed by atoms with Crippen LogP contribution in [0.15, 0.2) is 36.3 Å². The van der Waals surface area contributed by atoms with Crippen LogP contribution >= 0.6 is 0 Å². The minimum Gasteiger partial charge on any atom is -0.481 e. The van der Waals surface area contributed by atoms with Crippen molar-refractivity contribution in [1.82, 2.24) is 19.7 Å². The lowest BCUT2D eigenvalue weighted by Gasteiger charge is -2.70. The van der Waals surface area contributed by atoms with Crippen molar-refractivity contribution in [2.45, 2.75) is 105 Å². The largest absolute Gasteiger partial charge is 0.481 e. The standard InChI is InChI=1S/C35H48N4O2/c1-21-11-14-35(29(40)41)16-15-33(6)24(27(35)22(21)2)9-10-26-32(5)19-23-20-36-30(39-18-8-17-37-39)38-28(23)31(3,4)25(32)12-13-34(26,33)7/h8-9,17-18,20-22,25-27H,10-16,19H2,1-7H3,(H,40,41)/t21-,22+,25+,26-,27?,32+,33-,34+,35+/m1/s1. The summed E-state index contributed by atoms with van der Waals surface area (Å²) < 4.78 is 1.77. The smallest absolute Gasteiger partial charge is 0.310 e. The predicted molar refractivity (Wildman–Crippen MR) is 159 cm³/mol. The zero-order chi connectivity index (χ0) is 29.2. The molecule has 6 nitrogen and oxygen atoms in total. The number of aromatic nitrogens is 4. The SMILES string of the molecule is C[C@@H]1CC[C@]2(C(=O)O)CC[C@]3(C)C(=CC[C@@H]4[C@@]5(C)Cc6cnc(-n7cccn7)nc6C(C)(C)[C@@H]5CC[C@@]43C)C2[C@H]1C. The number of nitrogens with zero attached hydrogens (tertiary/aromatic N) is 4. The van der Waals surface area contributed by atoms with E-state index in [1.54, 1.807) is 10.9 Å². The highest BCUT2D eigenvalue weighted by molar-refractivity contribution is 5.76. The van der Waals surface area contributed by atoms with Crippen LogP contribution < -0.4 is 0 Å². The first-order valence-corrected chi connectivity index (χ1v) is 16.1. The first-order chi connectivity index (χ1) is 19.3. The summed E-state index contributed by atoms with van der Waals surface area (Å²) in [5, 5.41) is 15.1. The van der Waals surface area contributed by atoms with E-state index in [0.717, 1.165) is 38.5 Å². The summed E-state index contributed by atoms with van der Waals surface area (Å²) >= 11 is 0. The lowest BCUT2D eigenvalue weighted by Crippen LogP contribution is -2.65. The van der Waals surface area contributed by atoms with E-state index in [1.807, 2.05) is 12.3 Å². The molecule has 41 heavy (non-hydrogen) atoms. The zero-order valence-electron chi connectivity index (χ0n) is 26.1. The third-order valence-electron chi connectivity index (χ3n) is 14.3. The Hall–Kier alpha value is -2.50. The second kappa shape index (κ2) is 8.54. The maximum absolute atomic E-state index is 13.0. The highest BCUT2D eigenvalue weighted by Crippen LogP contribution is 2.75. The molecule has 3 fully saturated rings. The summed E-state index contributed by atoms with van der Waals surface area (Å²) in [6.45, 7) is 17.2. The molecule has 0 radical (unpaired) electrons. The van der Waals surface area contributed by atoms with Crippen molar-refractivity contribution in [2.75, 3.05) is 0 Å². The Morgan fingerprint density at radius 1 is 1.02 bits per heavy atom. The molecule has 3 saturated carbocycles. The molecule has 0 aliphatic heterocycles. The van der Waals surface area contributed by atoms with Crippen LogP contribution in [-0.4, -0.2) is 30.8 Å². The van der Waals surface area contributed by atoms with E-state index in [4.69, 9.17) is 9.97 Å². The third kappa shape index (κ3) is 3.31. The minimum atomic E-state index is -0.586. The molecular formula is C35H48N4O2. The van der Waals surface area contributed by atoms with Gasteiger partial charge in [-0.25, -0.2) is 14.6 Å². The molecule has 0 spiro atoms. The lowest BCUT2D eigenvalue weighted by molar-refractivity contribution is -0.179. The summed E-state index contributed by atoms with van der Waals surface area (Å²) in [7, 11) is 0. The van der Waals surface area contributed by atoms with Gasteiger partial charge in [-0.3, -0.25) is 4.79 Å². The number of rotatable bonds is 2. The molecule has 5 aliphatic carbocycles. The molecule has 220 valence electrons. The Bertz CT molecular complexity index is 1430. The Kier molecular flexibility index (Phi) is 5.69. The molecule has 7 rings (SSSR count). The number of carbonyl (C=O) groups is 1. The topological polar surface area (TPSA) is 80.9 Å². The van der Waals surface area contributed by atoms with E-state index >= 15 is 0 Å². The van der Waals surface area contributed by atoms with Crippen molar-refractivity contribution in [1.29, 1.82) is 0 Å². The number of fused-ring (bicyclic) bond motifs is 8. The average molecular weight is 557 g/mol. The number of carboxylic acid groups (broad SMARTS) is 1. The van der Waals surface area contributed by atoms with Crippen molar-refractivity contribution in [2.24, 2.45) is 51.2 Å². The van der Waals surface area contributed by atoms with Gasteiger partial charge >= 0.3 is 5.97 Å². The van der Waals surface area contributed by atoms with Gasteiger partial charge < -0.3 is 5.11 Å². The van der Waals surface area contributed by atoms with Crippen LogP contribution in [0.3, 0.4) is 0 Å². The van der Waals surface area contributed by atoms with Gasteiger partial charge in [0.1, 0.15) is 0 Å². The highest BCUT2D eigenvalue weighted by atomic mass is 16.4. The molecule has 0 bridgehead atoms. The van der Waals surface area contributed by atoms with E-state index in [9.17, 15) is 9.90 Å². The summed E-state index contributed by atoms with van der Waals surface area (Å²) in [5.74, 6) is 2.29. The van der Waals surface area contributed by atoms with Crippen molar-refractivity contribution in [3.05, 3.63) is 47.6 Å². The number of allylic oxidation sites excluding steroid dienone is 2. The Morgan fingerprint density at radius 2 is 1.80 bits per heavy atom. The third-order valence-corrected chi connectivity index (χ3v) is 14.3. The summed E-state index contributed by atoms with van der Waals surface area (Å²) in [4.78, 5) is 22.9. The van der Waals surface area contributed by atoms with Crippen LogP contribution in [0.1, 0.15) is 105 Å². The normalized spacial score (nSPS) is 44.4. The number of carboxylic acids is 1. The van der Waals surface area contributed by atoms with Crippen molar-refractivity contribution in [3.8, 4) is 5.95 Å². The summed E-state index contributed by atoms with van der Waals surface area (Å²) in [6.07, 6.45) is 16.5. The van der Waals surface area contributed by atoms with Gasteiger partial charge in [0.05, 0.1) is 11.1 Å². The summed E-state index contributed by atoms with van der Waals surface area (Å²) in [6, 6.07) is 1.92. The molecule has 0 amide bonds. The molecule has 5 aliphatic rings. The van der Waals surface area contributed by atoms with Gasteiger partial charge in [-0.15, -0.1) is 0 Å². The number of aliphatic carboxylic acids is 1. The first kappa shape index (κ1) is 27.3. The number of hydrogen-bond donors (Lipinski definition) is 1. The summed E-state index contributed by atoms with van der Waals surface area (Å²) in [5.41, 5.74) is 3.62. The quantitative estimate of drug-likeness (QED) is 0.389. The molecule has 2 aromatic heterocycles. The number of hydrogen-bond acceptors (Lipinski definition) is 4.